The fourth-order valence-electron chi connectivity index (χ4n) is 3.73. The third-order valence-electron chi connectivity index (χ3n) is 5.83. The maximum Gasteiger partial charge on any atom is 0.471 e. The van der Waals surface area contributed by atoms with E-state index in [0.717, 1.165) is 35.1 Å². The van der Waals surface area contributed by atoms with Crippen LogP contribution < -0.4 is 14.9 Å². The Hall–Kier alpha value is -2.91. The Balaban J connectivity index is 2.06. The highest BCUT2D eigenvalue weighted by Gasteiger charge is 2.40. The van der Waals surface area contributed by atoms with Crippen LogP contribution in [0.2, 0.25) is 0 Å². The SMILES string of the molecule is CC(C)(C)c1cn(C[C@H]2CCCO2)/c(=N/C(=O)c2cc(C(F)(F)F)ccc2OC(CCO)NC(=O)C(F)(F)F)s1. The summed E-state index contributed by atoms with van der Waals surface area (Å²) in [6, 6.07) is 1.81. The molecule has 1 aliphatic heterocycles. The number of ether oxygens (including phenoxy) is 2. The van der Waals surface area contributed by atoms with Crippen molar-refractivity contribution in [1.29, 1.82) is 0 Å². The number of alkyl halides is 6. The normalized spacial score (nSPS) is 17.6. The number of nitrogens with zero attached hydrogens (tertiary/aromatic N) is 2. The number of thiazole rings is 1. The first-order valence-electron chi connectivity index (χ1n) is 12.3. The van der Waals surface area contributed by atoms with E-state index in [-0.39, 0.29) is 16.3 Å². The van der Waals surface area contributed by atoms with Crippen molar-refractivity contribution in [3.63, 3.8) is 0 Å². The Morgan fingerprint density at radius 3 is 2.48 bits per heavy atom. The van der Waals surface area contributed by atoms with E-state index >= 15 is 0 Å². The molecule has 1 unspecified atom stereocenters. The molecule has 2 atom stereocenters. The largest absolute Gasteiger partial charge is 0.471 e. The van der Waals surface area contributed by atoms with Crippen LogP contribution in [0.1, 0.15) is 60.8 Å². The molecule has 3 rings (SSSR count). The van der Waals surface area contributed by atoms with E-state index in [0.29, 0.717) is 25.3 Å². The molecule has 2 N–H and O–H groups in total. The topological polar surface area (TPSA) is 102 Å². The summed E-state index contributed by atoms with van der Waals surface area (Å²) < 4.78 is 91.4. The number of carbonyl (C=O) groups excluding carboxylic acids is 2. The summed E-state index contributed by atoms with van der Waals surface area (Å²) in [5.74, 6) is -4.09. The number of aliphatic hydroxyl groups excluding tert-OH is 1. The van der Waals surface area contributed by atoms with E-state index in [1.54, 1.807) is 10.8 Å². The van der Waals surface area contributed by atoms with Crippen LogP contribution in [0.25, 0.3) is 0 Å². The highest BCUT2D eigenvalue weighted by Crippen LogP contribution is 2.33. The third kappa shape index (κ3) is 8.30. The summed E-state index contributed by atoms with van der Waals surface area (Å²) in [6.07, 6.45) is -9.20. The summed E-state index contributed by atoms with van der Waals surface area (Å²) in [7, 11) is 0. The Morgan fingerprint density at radius 1 is 1.23 bits per heavy atom. The van der Waals surface area contributed by atoms with Crippen molar-refractivity contribution in [1.82, 2.24) is 9.88 Å². The summed E-state index contributed by atoms with van der Waals surface area (Å²) in [6.45, 7) is 6.03. The molecule has 222 valence electrons. The van der Waals surface area contributed by atoms with Gasteiger partial charge in [0.2, 0.25) is 0 Å². The molecule has 1 saturated heterocycles. The van der Waals surface area contributed by atoms with E-state index < -0.39 is 60.3 Å². The number of halogens is 6. The summed E-state index contributed by atoms with van der Waals surface area (Å²) in [5, 5.41) is 10.7. The number of hydrogen-bond acceptors (Lipinski definition) is 6. The van der Waals surface area contributed by atoms with E-state index in [1.807, 2.05) is 20.8 Å². The molecule has 1 aromatic carbocycles. The molecular formula is C25H29F6N3O5S. The minimum atomic E-state index is -5.29. The summed E-state index contributed by atoms with van der Waals surface area (Å²) >= 11 is 1.16. The zero-order valence-electron chi connectivity index (χ0n) is 21.9. The second kappa shape index (κ2) is 12.3. The van der Waals surface area contributed by atoms with Gasteiger partial charge in [0.25, 0.3) is 5.91 Å². The van der Waals surface area contributed by atoms with Crippen LogP contribution in [0.4, 0.5) is 26.3 Å². The van der Waals surface area contributed by atoms with Gasteiger partial charge in [-0.3, -0.25) is 9.59 Å². The van der Waals surface area contributed by atoms with Gasteiger partial charge in [-0.1, -0.05) is 20.8 Å². The molecule has 40 heavy (non-hydrogen) atoms. The Bertz CT molecular complexity index is 1270. The first-order chi connectivity index (χ1) is 18.5. The number of aromatic nitrogens is 1. The monoisotopic (exact) mass is 597 g/mol. The molecule has 0 bridgehead atoms. The molecule has 0 radical (unpaired) electrons. The lowest BCUT2D eigenvalue weighted by Crippen LogP contribution is -2.46. The maximum atomic E-state index is 13.5. The van der Waals surface area contributed by atoms with Gasteiger partial charge in [-0.2, -0.15) is 31.3 Å². The molecular weight excluding hydrogens is 568 g/mol. The Kier molecular flexibility index (Phi) is 9.73. The number of aliphatic hydroxyl groups is 1. The fourth-order valence-corrected chi connectivity index (χ4v) is 4.79. The first kappa shape index (κ1) is 31.6. The average molecular weight is 598 g/mol. The Labute approximate surface area is 229 Å². The number of amides is 2. The third-order valence-corrected chi connectivity index (χ3v) is 7.27. The predicted octanol–water partition coefficient (Wildman–Crippen LogP) is 4.55. The minimum absolute atomic E-state index is 0.139. The zero-order chi connectivity index (χ0) is 29.9. The molecule has 8 nitrogen and oxygen atoms in total. The number of nitrogens with one attached hydrogen (secondary N) is 1. The summed E-state index contributed by atoms with van der Waals surface area (Å²) in [5.41, 5.74) is -2.24. The second-order valence-electron chi connectivity index (χ2n) is 10.1. The molecule has 1 aromatic heterocycles. The quantitative estimate of drug-likeness (QED) is 0.344. The van der Waals surface area contributed by atoms with Crippen molar-refractivity contribution in [2.24, 2.45) is 4.99 Å². The number of hydrogen-bond donors (Lipinski definition) is 2. The van der Waals surface area contributed by atoms with Gasteiger partial charge >= 0.3 is 18.3 Å². The lowest BCUT2D eigenvalue weighted by Gasteiger charge is -2.22. The van der Waals surface area contributed by atoms with Gasteiger partial charge in [0.05, 0.1) is 23.8 Å². The van der Waals surface area contributed by atoms with E-state index in [9.17, 15) is 41.0 Å². The predicted molar refractivity (Wildman–Crippen MR) is 132 cm³/mol. The van der Waals surface area contributed by atoms with Crippen molar-refractivity contribution < 1.29 is 50.5 Å². The van der Waals surface area contributed by atoms with Crippen molar-refractivity contribution in [2.45, 2.75) is 76.7 Å². The molecule has 15 heteroatoms. The molecule has 0 aliphatic carbocycles. The zero-order valence-corrected chi connectivity index (χ0v) is 22.7. The van der Waals surface area contributed by atoms with Crippen LogP contribution in [-0.2, 0) is 27.7 Å². The van der Waals surface area contributed by atoms with Crippen LogP contribution in [0.5, 0.6) is 5.75 Å². The van der Waals surface area contributed by atoms with E-state index in [2.05, 4.69) is 4.99 Å². The molecule has 2 heterocycles. The van der Waals surface area contributed by atoms with Gasteiger partial charge in [-0.15, -0.1) is 11.3 Å². The molecule has 1 fully saturated rings. The van der Waals surface area contributed by atoms with E-state index in [4.69, 9.17) is 9.47 Å². The van der Waals surface area contributed by atoms with Gasteiger partial charge in [-0.25, -0.2) is 0 Å². The maximum absolute atomic E-state index is 13.5. The molecule has 2 amide bonds. The van der Waals surface area contributed by atoms with Gasteiger partial charge < -0.3 is 24.5 Å². The van der Waals surface area contributed by atoms with Crippen molar-refractivity contribution >= 4 is 23.2 Å². The summed E-state index contributed by atoms with van der Waals surface area (Å²) in [4.78, 5) is 29.8. The first-order valence-corrected chi connectivity index (χ1v) is 13.1. The van der Waals surface area contributed by atoms with Crippen LogP contribution in [0.3, 0.4) is 0 Å². The Morgan fingerprint density at radius 2 is 1.93 bits per heavy atom. The van der Waals surface area contributed by atoms with Gasteiger partial charge in [-0.05, 0) is 36.5 Å². The molecule has 0 saturated carbocycles. The molecule has 2 aromatic rings. The second-order valence-corrected chi connectivity index (χ2v) is 11.1. The standard InChI is InChI=1S/C25H29F6N3O5S/c1-23(2,3)18-13-34(12-15-5-4-10-38-15)22(40-18)33-20(36)16-11-14(24(26,27)28)6-7-17(16)39-19(8-9-35)32-21(37)25(29,30)31/h6-7,11,13,15,19,35H,4-5,8-10,12H2,1-3H3,(H,32,37)/b33-22-/t15-,19?/m1/s1. The molecule has 0 spiro atoms. The van der Waals surface area contributed by atoms with Gasteiger partial charge in [0.1, 0.15) is 5.75 Å². The smallest absolute Gasteiger partial charge is 0.470 e. The van der Waals surface area contributed by atoms with Crippen molar-refractivity contribution in [2.75, 3.05) is 13.2 Å². The van der Waals surface area contributed by atoms with Crippen LogP contribution in [0, 0.1) is 0 Å². The lowest BCUT2D eigenvalue weighted by atomic mass is 9.95. The van der Waals surface area contributed by atoms with Crippen LogP contribution >= 0.6 is 11.3 Å². The highest BCUT2D eigenvalue weighted by molar-refractivity contribution is 7.09. The average Bonchev–Trinajstić information content (AvgIpc) is 3.48. The minimum Gasteiger partial charge on any atom is -0.470 e. The van der Waals surface area contributed by atoms with Gasteiger partial charge in [0.15, 0.2) is 11.0 Å². The van der Waals surface area contributed by atoms with Gasteiger partial charge in [0, 0.05) is 30.7 Å². The van der Waals surface area contributed by atoms with Crippen molar-refractivity contribution in [3.05, 3.63) is 45.2 Å². The fraction of sp³-hybridized carbons (Fsp3) is 0.560. The van der Waals surface area contributed by atoms with Crippen LogP contribution in [-0.4, -0.2) is 53.2 Å². The van der Waals surface area contributed by atoms with Crippen LogP contribution in [0.15, 0.2) is 29.4 Å². The number of rotatable bonds is 8. The number of benzene rings is 1. The van der Waals surface area contributed by atoms with E-state index in [1.165, 1.54) is 5.32 Å². The van der Waals surface area contributed by atoms with Crippen molar-refractivity contribution in [3.8, 4) is 5.75 Å². The lowest BCUT2D eigenvalue weighted by molar-refractivity contribution is -0.176. The number of carbonyl (C=O) groups is 2. The highest BCUT2D eigenvalue weighted by atomic mass is 32.1. The molecule has 1 aliphatic rings.